The lowest BCUT2D eigenvalue weighted by molar-refractivity contribution is 0.0674. The van der Waals surface area contributed by atoms with Crippen LogP contribution in [-0.2, 0) is 0 Å². The van der Waals surface area contributed by atoms with Crippen LogP contribution in [0.3, 0.4) is 0 Å². The van der Waals surface area contributed by atoms with Crippen molar-refractivity contribution in [1.82, 2.24) is 4.90 Å². The maximum atomic E-state index is 12.2. The number of likely N-dealkylation sites (tertiary alicyclic amines) is 1. The molecule has 0 radical (unpaired) electrons. The van der Waals surface area contributed by atoms with E-state index in [1.165, 1.54) is 18.2 Å². The van der Waals surface area contributed by atoms with E-state index in [0.717, 1.165) is 12.8 Å². The number of nitrogens with zero attached hydrogens (tertiary/aromatic N) is 1. The second-order valence-electron chi connectivity index (χ2n) is 4.70. The molecular formula is C13H18N2O3. The van der Waals surface area contributed by atoms with Gasteiger partial charge in [0, 0.05) is 13.1 Å². The van der Waals surface area contributed by atoms with Gasteiger partial charge in [-0.2, -0.15) is 0 Å². The molecule has 0 spiro atoms. The molecule has 98 valence electrons. The molecule has 5 nitrogen and oxygen atoms in total. The molecule has 18 heavy (non-hydrogen) atoms. The summed E-state index contributed by atoms with van der Waals surface area (Å²) in [6.07, 6.45) is 1.96. The smallest absolute Gasteiger partial charge is 0.257 e. The van der Waals surface area contributed by atoms with Crippen molar-refractivity contribution in [3.8, 4) is 11.5 Å². The Morgan fingerprint density at radius 3 is 2.94 bits per heavy atom. The lowest BCUT2D eigenvalue weighted by atomic mass is 9.97. The average Bonchev–Trinajstić information content (AvgIpc) is 2.41. The van der Waals surface area contributed by atoms with Crippen LogP contribution in [-0.4, -0.2) is 40.7 Å². The summed E-state index contributed by atoms with van der Waals surface area (Å²) in [4.78, 5) is 13.9. The lowest BCUT2D eigenvalue weighted by Gasteiger charge is -2.32. The van der Waals surface area contributed by atoms with E-state index in [-0.39, 0.29) is 23.0 Å². The number of phenolic OH excluding ortho intramolecular Hbond substituents is 2. The molecule has 4 N–H and O–H groups in total. The van der Waals surface area contributed by atoms with E-state index < -0.39 is 0 Å². The van der Waals surface area contributed by atoms with Crippen LogP contribution in [0.1, 0.15) is 23.2 Å². The standard InChI is InChI=1S/C13H18N2O3/c14-7-9-2-1-5-15(8-9)13(18)11-6-10(16)3-4-12(11)17/h3-4,6,9,16-17H,1-2,5,7-8,14H2. The Hall–Kier alpha value is -1.75. The summed E-state index contributed by atoms with van der Waals surface area (Å²) in [5, 5.41) is 19.1. The fourth-order valence-electron chi connectivity index (χ4n) is 2.31. The van der Waals surface area contributed by atoms with Crippen LogP contribution in [0, 0.1) is 5.92 Å². The number of rotatable bonds is 2. The molecule has 1 amide bonds. The van der Waals surface area contributed by atoms with E-state index in [0.29, 0.717) is 25.6 Å². The Labute approximate surface area is 106 Å². The third-order valence-electron chi connectivity index (χ3n) is 3.35. The summed E-state index contributed by atoms with van der Waals surface area (Å²) in [5.41, 5.74) is 5.78. The monoisotopic (exact) mass is 250 g/mol. The fraction of sp³-hybridized carbons (Fsp3) is 0.462. The van der Waals surface area contributed by atoms with Gasteiger partial charge in [0.05, 0.1) is 5.56 Å². The van der Waals surface area contributed by atoms with Crippen molar-refractivity contribution < 1.29 is 15.0 Å². The highest BCUT2D eigenvalue weighted by atomic mass is 16.3. The fourth-order valence-corrected chi connectivity index (χ4v) is 2.31. The summed E-state index contributed by atoms with van der Waals surface area (Å²) >= 11 is 0. The SMILES string of the molecule is NCC1CCCN(C(=O)c2cc(O)ccc2O)C1. The van der Waals surface area contributed by atoms with Gasteiger partial charge in [-0.1, -0.05) is 0 Å². The lowest BCUT2D eigenvalue weighted by Crippen LogP contribution is -2.42. The van der Waals surface area contributed by atoms with E-state index in [4.69, 9.17) is 5.73 Å². The first kappa shape index (κ1) is 12.7. The van der Waals surface area contributed by atoms with Gasteiger partial charge in [-0.3, -0.25) is 4.79 Å². The summed E-state index contributed by atoms with van der Waals surface area (Å²) in [7, 11) is 0. The highest BCUT2D eigenvalue weighted by Crippen LogP contribution is 2.25. The molecule has 1 fully saturated rings. The third kappa shape index (κ3) is 2.56. The molecule has 1 atom stereocenters. The van der Waals surface area contributed by atoms with Gasteiger partial charge in [-0.15, -0.1) is 0 Å². The topological polar surface area (TPSA) is 86.8 Å². The highest BCUT2D eigenvalue weighted by Gasteiger charge is 2.25. The maximum Gasteiger partial charge on any atom is 0.257 e. The second-order valence-corrected chi connectivity index (χ2v) is 4.70. The first-order valence-corrected chi connectivity index (χ1v) is 6.13. The largest absolute Gasteiger partial charge is 0.508 e. The number of piperidine rings is 1. The van der Waals surface area contributed by atoms with Crippen LogP contribution in [0.25, 0.3) is 0 Å². The molecule has 1 aliphatic rings. The molecule has 0 aliphatic carbocycles. The molecule has 5 heteroatoms. The molecule has 1 heterocycles. The number of nitrogens with two attached hydrogens (primary N) is 1. The van der Waals surface area contributed by atoms with Crippen molar-refractivity contribution in [2.45, 2.75) is 12.8 Å². The molecule has 0 aromatic heterocycles. The van der Waals surface area contributed by atoms with Gasteiger partial charge in [0.25, 0.3) is 5.91 Å². The average molecular weight is 250 g/mol. The minimum absolute atomic E-state index is 0.0245. The van der Waals surface area contributed by atoms with Crippen molar-refractivity contribution >= 4 is 5.91 Å². The number of hydrogen-bond acceptors (Lipinski definition) is 4. The first-order valence-electron chi connectivity index (χ1n) is 6.13. The van der Waals surface area contributed by atoms with Gasteiger partial charge in [0.15, 0.2) is 0 Å². The van der Waals surface area contributed by atoms with E-state index >= 15 is 0 Å². The van der Waals surface area contributed by atoms with Crippen LogP contribution in [0.15, 0.2) is 18.2 Å². The van der Waals surface area contributed by atoms with Crippen molar-refractivity contribution in [3.63, 3.8) is 0 Å². The molecule has 1 aliphatic heterocycles. The van der Waals surface area contributed by atoms with Gasteiger partial charge < -0.3 is 20.8 Å². The number of phenols is 2. The molecule has 0 bridgehead atoms. The van der Waals surface area contributed by atoms with E-state index in [1.54, 1.807) is 4.90 Å². The normalized spacial score (nSPS) is 19.8. The maximum absolute atomic E-state index is 12.2. The van der Waals surface area contributed by atoms with Crippen molar-refractivity contribution in [1.29, 1.82) is 0 Å². The Balaban J connectivity index is 2.17. The highest BCUT2D eigenvalue weighted by molar-refractivity contribution is 5.97. The summed E-state index contributed by atoms with van der Waals surface area (Å²) in [5.74, 6) is -0.0556. The molecule has 1 aromatic rings. The van der Waals surface area contributed by atoms with Crippen molar-refractivity contribution in [3.05, 3.63) is 23.8 Å². The zero-order chi connectivity index (χ0) is 13.1. The Morgan fingerprint density at radius 1 is 1.44 bits per heavy atom. The minimum Gasteiger partial charge on any atom is -0.508 e. The number of hydrogen-bond donors (Lipinski definition) is 3. The number of aromatic hydroxyl groups is 2. The second kappa shape index (κ2) is 5.27. The van der Waals surface area contributed by atoms with E-state index in [9.17, 15) is 15.0 Å². The van der Waals surface area contributed by atoms with Gasteiger partial charge in [-0.05, 0) is 43.5 Å². The zero-order valence-electron chi connectivity index (χ0n) is 10.2. The van der Waals surface area contributed by atoms with Crippen LogP contribution in [0.5, 0.6) is 11.5 Å². The molecule has 1 saturated heterocycles. The predicted molar refractivity (Wildman–Crippen MR) is 67.5 cm³/mol. The first-order chi connectivity index (χ1) is 8.61. The number of carbonyl (C=O) groups is 1. The van der Waals surface area contributed by atoms with Crippen LogP contribution in [0.2, 0.25) is 0 Å². The molecule has 0 saturated carbocycles. The van der Waals surface area contributed by atoms with Gasteiger partial charge in [-0.25, -0.2) is 0 Å². The summed E-state index contributed by atoms with van der Waals surface area (Å²) in [6.45, 7) is 1.85. The minimum atomic E-state index is -0.249. The third-order valence-corrected chi connectivity index (χ3v) is 3.35. The summed E-state index contributed by atoms with van der Waals surface area (Å²) in [6, 6.07) is 3.97. The van der Waals surface area contributed by atoms with E-state index in [1.807, 2.05) is 0 Å². The van der Waals surface area contributed by atoms with E-state index in [2.05, 4.69) is 0 Å². The molecular weight excluding hydrogens is 232 g/mol. The van der Waals surface area contributed by atoms with Crippen LogP contribution >= 0.6 is 0 Å². The predicted octanol–water partition coefficient (Wildman–Crippen LogP) is 0.909. The Bertz CT molecular complexity index is 448. The van der Waals surface area contributed by atoms with Crippen molar-refractivity contribution in [2.24, 2.45) is 11.7 Å². The van der Waals surface area contributed by atoms with Gasteiger partial charge >= 0.3 is 0 Å². The van der Waals surface area contributed by atoms with Crippen molar-refractivity contribution in [2.75, 3.05) is 19.6 Å². The quantitative estimate of drug-likeness (QED) is 0.681. The number of benzene rings is 1. The molecule has 1 aromatic carbocycles. The molecule has 1 unspecified atom stereocenters. The van der Waals surface area contributed by atoms with Crippen LogP contribution < -0.4 is 5.73 Å². The number of amides is 1. The molecule has 2 rings (SSSR count). The van der Waals surface area contributed by atoms with Gasteiger partial charge in [0.2, 0.25) is 0 Å². The summed E-state index contributed by atoms with van der Waals surface area (Å²) < 4.78 is 0. The Morgan fingerprint density at radius 2 is 2.22 bits per heavy atom. The Kier molecular flexibility index (Phi) is 3.72. The zero-order valence-corrected chi connectivity index (χ0v) is 10.2. The number of carbonyl (C=O) groups excluding carboxylic acids is 1. The van der Waals surface area contributed by atoms with Crippen LogP contribution in [0.4, 0.5) is 0 Å². The van der Waals surface area contributed by atoms with Gasteiger partial charge in [0.1, 0.15) is 11.5 Å².